The molecule has 2 aromatic carbocycles. The van der Waals surface area contributed by atoms with Gasteiger partial charge in [0.25, 0.3) is 5.91 Å². The van der Waals surface area contributed by atoms with Crippen molar-refractivity contribution in [3.05, 3.63) is 88.7 Å². The van der Waals surface area contributed by atoms with Crippen molar-refractivity contribution in [3.63, 3.8) is 0 Å². The van der Waals surface area contributed by atoms with Gasteiger partial charge in [0.1, 0.15) is 16.9 Å². The van der Waals surface area contributed by atoms with E-state index >= 15 is 0 Å². The molecule has 1 saturated heterocycles. The van der Waals surface area contributed by atoms with Gasteiger partial charge in [0.15, 0.2) is 5.65 Å². The van der Waals surface area contributed by atoms with Crippen molar-refractivity contribution >= 4 is 40.6 Å². The molecule has 5 rings (SSSR count). The zero-order valence-corrected chi connectivity index (χ0v) is 18.9. The first-order valence-corrected chi connectivity index (χ1v) is 11.4. The zero-order valence-electron chi connectivity index (χ0n) is 18.2. The number of fused-ring (bicyclic) bond motifs is 1. The molecule has 0 spiro atoms. The van der Waals surface area contributed by atoms with Crippen LogP contribution in [0.15, 0.2) is 67.0 Å². The average Bonchev–Trinajstić information content (AvgIpc) is 3.31. The highest BCUT2D eigenvalue weighted by Gasteiger charge is 2.28. The van der Waals surface area contributed by atoms with Crippen LogP contribution in [0.25, 0.3) is 5.65 Å². The summed E-state index contributed by atoms with van der Waals surface area (Å²) in [5.74, 6) is -0.604. The first-order valence-electron chi connectivity index (χ1n) is 11.0. The molecule has 34 heavy (non-hydrogen) atoms. The molecular weight excluding hydrogens is 454 g/mol. The number of aromatic carboxylic acids is 1. The summed E-state index contributed by atoms with van der Waals surface area (Å²) < 4.78 is 1.34. The molecule has 0 unspecified atom stereocenters. The first kappa shape index (κ1) is 21.9. The van der Waals surface area contributed by atoms with Gasteiger partial charge in [-0.15, -0.1) is 0 Å². The Labute approximate surface area is 200 Å². The molecule has 2 aromatic heterocycles. The topological polar surface area (TPSA) is 99.8 Å². The summed E-state index contributed by atoms with van der Waals surface area (Å²) in [6, 6.07) is 17.4. The summed E-state index contributed by atoms with van der Waals surface area (Å²) in [5.41, 5.74) is 2.24. The lowest BCUT2D eigenvalue weighted by atomic mass is 9.89. The Morgan fingerprint density at radius 2 is 1.68 bits per heavy atom. The van der Waals surface area contributed by atoms with E-state index in [0.717, 1.165) is 12.8 Å². The Morgan fingerprint density at radius 1 is 0.971 bits per heavy atom. The number of amides is 1. The molecule has 0 aliphatic carbocycles. The Balaban J connectivity index is 1.48. The summed E-state index contributed by atoms with van der Waals surface area (Å²) in [7, 11) is 0. The van der Waals surface area contributed by atoms with Crippen molar-refractivity contribution in [2.24, 2.45) is 0 Å². The van der Waals surface area contributed by atoms with Crippen LogP contribution in [-0.2, 0) is 0 Å². The average molecular weight is 476 g/mol. The van der Waals surface area contributed by atoms with E-state index in [2.05, 4.69) is 27.5 Å². The molecule has 4 aromatic rings. The lowest BCUT2D eigenvalue weighted by Gasteiger charge is -2.32. The molecule has 0 saturated carbocycles. The van der Waals surface area contributed by atoms with Crippen molar-refractivity contribution < 1.29 is 14.7 Å². The molecule has 1 aliphatic heterocycles. The van der Waals surface area contributed by atoms with E-state index in [4.69, 9.17) is 11.6 Å². The molecule has 1 aliphatic rings. The van der Waals surface area contributed by atoms with Crippen LogP contribution in [0, 0.1) is 0 Å². The van der Waals surface area contributed by atoms with Gasteiger partial charge in [-0.2, -0.15) is 9.61 Å². The summed E-state index contributed by atoms with van der Waals surface area (Å²) in [6.07, 6.45) is 4.36. The number of aromatic nitrogens is 3. The molecule has 2 N–H and O–H groups in total. The van der Waals surface area contributed by atoms with Crippen LogP contribution in [-0.4, -0.2) is 49.6 Å². The minimum Gasteiger partial charge on any atom is -0.477 e. The fourth-order valence-electron chi connectivity index (χ4n) is 4.36. The summed E-state index contributed by atoms with van der Waals surface area (Å²) in [6.45, 7) is 1.23. The minimum absolute atomic E-state index is 0.0510. The Kier molecular flexibility index (Phi) is 5.90. The van der Waals surface area contributed by atoms with Gasteiger partial charge < -0.3 is 15.3 Å². The predicted octanol–water partition coefficient (Wildman–Crippen LogP) is 4.84. The maximum atomic E-state index is 13.6. The van der Waals surface area contributed by atoms with Gasteiger partial charge in [0.2, 0.25) is 0 Å². The predicted molar refractivity (Wildman–Crippen MR) is 129 cm³/mol. The number of benzene rings is 2. The Hall–Kier alpha value is -3.91. The number of hydrogen-bond donors (Lipinski definition) is 2. The van der Waals surface area contributed by atoms with E-state index in [1.807, 2.05) is 29.2 Å². The Bertz CT molecular complexity index is 1360. The number of halogens is 1. The SMILES string of the molecule is O=C(O)c1cnn2c(Nc3ccccc3Cl)c(C(=O)N3CCC(c4ccccc4)CC3)cnc12. The third kappa shape index (κ3) is 4.08. The number of carbonyl (C=O) groups is 2. The smallest absolute Gasteiger partial charge is 0.341 e. The third-order valence-electron chi connectivity index (χ3n) is 6.17. The van der Waals surface area contributed by atoms with Crippen LogP contribution in [0.3, 0.4) is 0 Å². The number of anilines is 2. The van der Waals surface area contributed by atoms with Crippen LogP contribution in [0.4, 0.5) is 11.5 Å². The van der Waals surface area contributed by atoms with Gasteiger partial charge in [0, 0.05) is 19.3 Å². The van der Waals surface area contributed by atoms with E-state index in [1.165, 1.54) is 22.5 Å². The molecule has 1 amide bonds. The maximum absolute atomic E-state index is 13.6. The number of likely N-dealkylation sites (tertiary alicyclic amines) is 1. The molecule has 3 heterocycles. The molecule has 8 nitrogen and oxygen atoms in total. The molecule has 0 radical (unpaired) electrons. The van der Waals surface area contributed by atoms with Gasteiger partial charge in [-0.25, -0.2) is 9.78 Å². The number of piperidine rings is 1. The number of hydrogen-bond acceptors (Lipinski definition) is 5. The zero-order chi connectivity index (χ0) is 23.7. The number of nitrogens with zero attached hydrogens (tertiary/aromatic N) is 4. The number of carboxylic acids is 1. The number of carbonyl (C=O) groups excluding carboxylic acids is 1. The van der Waals surface area contributed by atoms with E-state index in [1.54, 1.807) is 18.2 Å². The largest absolute Gasteiger partial charge is 0.477 e. The molecule has 0 atom stereocenters. The Morgan fingerprint density at radius 3 is 2.38 bits per heavy atom. The number of rotatable bonds is 5. The van der Waals surface area contributed by atoms with Gasteiger partial charge in [-0.05, 0) is 36.5 Å². The van der Waals surface area contributed by atoms with Crippen LogP contribution in [0.1, 0.15) is 45.0 Å². The quantitative estimate of drug-likeness (QED) is 0.428. The van der Waals surface area contributed by atoms with Crippen molar-refractivity contribution in [3.8, 4) is 0 Å². The van der Waals surface area contributed by atoms with Gasteiger partial charge in [-0.1, -0.05) is 54.1 Å². The molecule has 172 valence electrons. The number of para-hydroxylation sites is 1. The van der Waals surface area contributed by atoms with Crippen LogP contribution in [0.2, 0.25) is 5.02 Å². The second-order valence-electron chi connectivity index (χ2n) is 8.20. The first-order chi connectivity index (χ1) is 16.5. The summed E-state index contributed by atoms with van der Waals surface area (Å²) in [5, 5.41) is 17.3. The lowest BCUT2D eigenvalue weighted by Crippen LogP contribution is -2.38. The standard InChI is InChI=1S/C25H22ClN5O3/c26-20-8-4-5-9-21(20)29-23-18(14-27-22-19(25(33)34)15-28-31(22)23)24(32)30-12-10-17(11-13-30)16-6-2-1-3-7-16/h1-9,14-15,17,29H,10-13H2,(H,33,34). The van der Waals surface area contributed by atoms with E-state index in [-0.39, 0.29) is 17.1 Å². The van der Waals surface area contributed by atoms with Gasteiger partial charge in [-0.3, -0.25) is 4.79 Å². The monoisotopic (exact) mass is 475 g/mol. The lowest BCUT2D eigenvalue weighted by molar-refractivity contribution is 0.0695. The van der Waals surface area contributed by atoms with Crippen LogP contribution in [0.5, 0.6) is 0 Å². The van der Waals surface area contributed by atoms with Crippen molar-refractivity contribution in [2.75, 3.05) is 18.4 Å². The molecular formula is C25H22ClN5O3. The highest BCUT2D eigenvalue weighted by atomic mass is 35.5. The highest BCUT2D eigenvalue weighted by Crippen LogP contribution is 2.31. The molecule has 1 fully saturated rings. The van der Waals surface area contributed by atoms with Crippen molar-refractivity contribution in [1.82, 2.24) is 19.5 Å². The molecule has 9 heteroatoms. The van der Waals surface area contributed by atoms with E-state index in [0.29, 0.717) is 41.1 Å². The normalized spacial score (nSPS) is 14.3. The summed E-state index contributed by atoms with van der Waals surface area (Å²) in [4.78, 5) is 31.3. The second kappa shape index (κ2) is 9.15. The fourth-order valence-corrected chi connectivity index (χ4v) is 4.54. The van der Waals surface area contributed by atoms with Crippen LogP contribution < -0.4 is 5.32 Å². The van der Waals surface area contributed by atoms with Gasteiger partial charge >= 0.3 is 5.97 Å². The second-order valence-corrected chi connectivity index (χ2v) is 8.61. The van der Waals surface area contributed by atoms with Gasteiger partial charge in [0.05, 0.1) is 16.9 Å². The number of carboxylic acid groups (broad SMARTS) is 1. The number of nitrogens with one attached hydrogen (secondary N) is 1. The van der Waals surface area contributed by atoms with E-state index < -0.39 is 5.97 Å². The van der Waals surface area contributed by atoms with Crippen molar-refractivity contribution in [1.29, 1.82) is 0 Å². The third-order valence-corrected chi connectivity index (χ3v) is 6.50. The maximum Gasteiger partial charge on any atom is 0.341 e. The molecule has 0 bridgehead atoms. The van der Waals surface area contributed by atoms with E-state index in [9.17, 15) is 14.7 Å². The van der Waals surface area contributed by atoms with Crippen LogP contribution >= 0.6 is 11.6 Å². The summed E-state index contributed by atoms with van der Waals surface area (Å²) >= 11 is 6.34. The van der Waals surface area contributed by atoms with Crippen molar-refractivity contribution in [2.45, 2.75) is 18.8 Å². The fraction of sp³-hybridized carbons (Fsp3) is 0.200. The minimum atomic E-state index is -1.15. The highest BCUT2D eigenvalue weighted by molar-refractivity contribution is 6.33.